The Labute approximate surface area is 164 Å². The first-order valence-corrected chi connectivity index (χ1v) is 9.03. The van der Waals surface area contributed by atoms with E-state index in [4.69, 9.17) is 4.74 Å². The number of pyridine rings is 1. The number of hydrogen-bond donors (Lipinski definition) is 3. The van der Waals surface area contributed by atoms with Gasteiger partial charge in [0, 0.05) is 30.1 Å². The van der Waals surface area contributed by atoms with Crippen molar-refractivity contribution < 1.29 is 9.84 Å². The van der Waals surface area contributed by atoms with Gasteiger partial charge in [0.25, 0.3) is 0 Å². The molecule has 6 heteroatoms. The number of nitrogens with zero attached hydrogens (tertiary/aromatic N) is 2. The third-order valence-corrected chi connectivity index (χ3v) is 4.86. The summed E-state index contributed by atoms with van der Waals surface area (Å²) in [4.78, 5) is 4.32. The Bertz CT molecular complexity index is 982. The fourth-order valence-electron chi connectivity index (χ4n) is 3.10. The Morgan fingerprint density at radius 3 is 2.25 bits per heavy atom. The van der Waals surface area contributed by atoms with Gasteiger partial charge in [-0.2, -0.15) is 0 Å². The summed E-state index contributed by atoms with van der Waals surface area (Å²) in [6, 6.07) is 19.1. The van der Waals surface area contributed by atoms with Gasteiger partial charge in [-0.15, -0.1) is 5.53 Å². The van der Waals surface area contributed by atoms with Crippen molar-refractivity contribution in [2.24, 2.45) is 0 Å². The van der Waals surface area contributed by atoms with Gasteiger partial charge in [0.2, 0.25) is 0 Å². The van der Waals surface area contributed by atoms with E-state index in [0.29, 0.717) is 5.75 Å². The van der Waals surface area contributed by atoms with Crippen LogP contribution in [0.25, 0.3) is 0 Å². The van der Waals surface area contributed by atoms with Crippen LogP contribution < -0.4 is 20.7 Å². The van der Waals surface area contributed by atoms with Crippen LogP contribution in [0, 0.1) is 0 Å². The molecule has 0 saturated carbocycles. The minimum atomic E-state index is -0.184. The molecule has 0 aliphatic carbocycles. The number of phenols is 1. The zero-order valence-corrected chi connectivity index (χ0v) is 15.8. The number of phenolic OH excluding ortho intramolecular Hbond substituents is 1. The molecule has 0 spiro atoms. The number of ether oxygens (including phenoxy) is 1. The van der Waals surface area contributed by atoms with Gasteiger partial charge in [-0.05, 0) is 41.5 Å². The average Bonchev–Trinajstić information content (AvgIpc) is 3.24. The van der Waals surface area contributed by atoms with Gasteiger partial charge in [0.15, 0.2) is 5.82 Å². The van der Waals surface area contributed by atoms with Gasteiger partial charge in [0.1, 0.15) is 17.2 Å². The molecule has 0 atom stereocenters. The molecule has 142 valence electrons. The average molecular weight is 374 g/mol. The van der Waals surface area contributed by atoms with E-state index in [0.717, 1.165) is 17.1 Å². The molecule has 0 bridgehead atoms. The summed E-state index contributed by atoms with van der Waals surface area (Å²) in [6.45, 7) is 4.32. The molecule has 1 aliphatic heterocycles. The van der Waals surface area contributed by atoms with Crippen molar-refractivity contribution in [3.63, 3.8) is 0 Å². The molecule has 2 aromatic carbocycles. The molecule has 0 saturated heterocycles. The van der Waals surface area contributed by atoms with Crippen LogP contribution >= 0.6 is 0 Å². The Morgan fingerprint density at radius 1 is 0.929 bits per heavy atom. The molecule has 3 aromatic rings. The molecule has 4 rings (SSSR count). The highest BCUT2D eigenvalue weighted by Gasteiger charge is 2.23. The van der Waals surface area contributed by atoms with Crippen LogP contribution in [-0.4, -0.2) is 10.1 Å². The first-order valence-electron chi connectivity index (χ1n) is 9.03. The molecule has 1 aliphatic rings. The maximum atomic E-state index is 9.52. The lowest BCUT2D eigenvalue weighted by Gasteiger charge is -2.26. The second-order valence-corrected chi connectivity index (χ2v) is 7.09. The monoisotopic (exact) mass is 374 g/mol. The molecule has 0 radical (unpaired) electrons. The number of aromatic nitrogens is 1. The third kappa shape index (κ3) is 3.63. The molecule has 3 N–H and O–H groups in total. The summed E-state index contributed by atoms with van der Waals surface area (Å²) in [5, 5.41) is 11.3. The smallest absolute Gasteiger partial charge is 0.152 e. The number of rotatable bonds is 5. The van der Waals surface area contributed by atoms with Crippen LogP contribution in [0.15, 0.2) is 79.3 Å². The first kappa shape index (κ1) is 17.9. The molecule has 1 aromatic heterocycles. The van der Waals surface area contributed by atoms with Crippen molar-refractivity contribution in [1.29, 1.82) is 0 Å². The minimum Gasteiger partial charge on any atom is -0.508 e. The van der Waals surface area contributed by atoms with Crippen LogP contribution in [-0.2, 0) is 5.41 Å². The van der Waals surface area contributed by atoms with E-state index >= 15 is 0 Å². The number of benzene rings is 2. The van der Waals surface area contributed by atoms with E-state index in [2.05, 4.69) is 41.9 Å². The standard InChI is InChI=1S/C22H22N4O2/c1-22(2,16-3-7-18(27)8-4-16)17-5-9-19(10-6-17)28-20-11-12-23-21(15-20)26-14-13-24-25-26/h3-15,24-25,27H,1-2H3. The normalized spacial score (nSPS) is 13.4. The summed E-state index contributed by atoms with van der Waals surface area (Å²) in [7, 11) is 0. The number of hydrazine groups is 2. The Kier molecular flexibility index (Phi) is 4.63. The van der Waals surface area contributed by atoms with Crippen molar-refractivity contribution in [3.8, 4) is 17.2 Å². The van der Waals surface area contributed by atoms with Crippen molar-refractivity contribution in [1.82, 2.24) is 15.9 Å². The molecule has 0 amide bonds. The quantitative estimate of drug-likeness (QED) is 0.622. The maximum absolute atomic E-state index is 9.52. The zero-order valence-electron chi connectivity index (χ0n) is 15.8. The number of aromatic hydroxyl groups is 1. The number of hydrogen-bond acceptors (Lipinski definition) is 6. The van der Waals surface area contributed by atoms with E-state index in [-0.39, 0.29) is 11.2 Å². The first-order chi connectivity index (χ1) is 13.5. The fourth-order valence-corrected chi connectivity index (χ4v) is 3.10. The number of nitrogens with one attached hydrogen (secondary N) is 2. The highest BCUT2D eigenvalue weighted by molar-refractivity contribution is 5.47. The Morgan fingerprint density at radius 2 is 1.61 bits per heavy atom. The summed E-state index contributed by atoms with van der Waals surface area (Å²) >= 11 is 0. The summed E-state index contributed by atoms with van der Waals surface area (Å²) in [5.74, 6) is 2.46. The summed E-state index contributed by atoms with van der Waals surface area (Å²) in [5.41, 5.74) is 7.94. The molecule has 6 nitrogen and oxygen atoms in total. The largest absolute Gasteiger partial charge is 0.508 e. The second kappa shape index (κ2) is 7.25. The van der Waals surface area contributed by atoms with Gasteiger partial charge in [0.05, 0.1) is 0 Å². The van der Waals surface area contributed by atoms with Gasteiger partial charge < -0.3 is 15.3 Å². The maximum Gasteiger partial charge on any atom is 0.152 e. The lowest BCUT2D eigenvalue weighted by molar-refractivity contribution is 0.474. The molecule has 0 unspecified atom stereocenters. The lowest BCUT2D eigenvalue weighted by Crippen LogP contribution is -2.35. The van der Waals surface area contributed by atoms with Crippen molar-refractivity contribution in [3.05, 3.63) is 90.4 Å². The van der Waals surface area contributed by atoms with Gasteiger partial charge in [-0.3, -0.25) is 0 Å². The SMILES string of the molecule is CC(C)(c1ccc(O)cc1)c1ccc(Oc2ccnc(N3C=CNN3)c2)cc1. The highest BCUT2D eigenvalue weighted by atomic mass is 16.5. The Hall–Kier alpha value is -3.51. The van der Waals surface area contributed by atoms with Crippen molar-refractivity contribution in [2.45, 2.75) is 19.3 Å². The Balaban J connectivity index is 1.51. The lowest BCUT2D eigenvalue weighted by atomic mass is 9.78. The predicted molar refractivity (Wildman–Crippen MR) is 109 cm³/mol. The van der Waals surface area contributed by atoms with Crippen LogP contribution in [0.1, 0.15) is 25.0 Å². The van der Waals surface area contributed by atoms with E-state index in [1.807, 2.05) is 42.6 Å². The van der Waals surface area contributed by atoms with Gasteiger partial charge >= 0.3 is 0 Å². The van der Waals surface area contributed by atoms with Gasteiger partial charge in [-0.25, -0.2) is 9.99 Å². The van der Waals surface area contributed by atoms with E-state index in [1.165, 1.54) is 5.56 Å². The van der Waals surface area contributed by atoms with Crippen molar-refractivity contribution >= 4 is 5.82 Å². The van der Waals surface area contributed by atoms with E-state index < -0.39 is 0 Å². The molecular formula is C22H22N4O2. The molecular weight excluding hydrogens is 352 g/mol. The van der Waals surface area contributed by atoms with Crippen LogP contribution in [0.5, 0.6) is 17.2 Å². The van der Waals surface area contributed by atoms with Crippen LogP contribution in [0.3, 0.4) is 0 Å². The summed E-state index contributed by atoms with van der Waals surface area (Å²) in [6.07, 6.45) is 5.33. The minimum absolute atomic E-state index is 0.184. The molecule has 28 heavy (non-hydrogen) atoms. The van der Waals surface area contributed by atoms with Crippen LogP contribution in [0.4, 0.5) is 5.82 Å². The molecule has 2 heterocycles. The third-order valence-electron chi connectivity index (χ3n) is 4.86. The predicted octanol–water partition coefficient (Wildman–Crippen LogP) is 4.21. The summed E-state index contributed by atoms with van der Waals surface area (Å²) < 4.78 is 6.00. The number of anilines is 1. The topological polar surface area (TPSA) is 69.7 Å². The highest BCUT2D eigenvalue weighted by Crippen LogP contribution is 2.34. The van der Waals surface area contributed by atoms with Crippen molar-refractivity contribution in [2.75, 3.05) is 5.01 Å². The second-order valence-electron chi connectivity index (χ2n) is 7.09. The molecule has 0 fully saturated rings. The van der Waals surface area contributed by atoms with Gasteiger partial charge in [-0.1, -0.05) is 38.1 Å². The zero-order chi connectivity index (χ0) is 19.6. The van der Waals surface area contributed by atoms with Crippen LogP contribution in [0.2, 0.25) is 0 Å². The van der Waals surface area contributed by atoms with E-state index in [9.17, 15) is 5.11 Å². The van der Waals surface area contributed by atoms with E-state index in [1.54, 1.807) is 29.5 Å². The fraction of sp³-hybridized carbons (Fsp3) is 0.136.